The zero-order valence-corrected chi connectivity index (χ0v) is 49.0. The van der Waals surface area contributed by atoms with E-state index in [1.165, 1.54) is 23.1 Å². The number of carboxylic acid groups (broad SMARTS) is 1. The monoisotopic (exact) mass is 1140 g/mol. The van der Waals surface area contributed by atoms with E-state index in [9.17, 15) is 19.8 Å². The van der Waals surface area contributed by atoms with Gasteiger partial charge < -0.3 is 56.7 Å². The number of rotatable bonds is 20. The first-order valence-electron chi connectivity index (χ1n) is 23.2. The number of phenolic OH excluding ortho intramolecular Hbond substituents is 2. The zero-order chi connectivity index (χ0) is 53.9. The second-order valence-electron chi connectivity index (χ2n) is 16.6. The number of aliphatic imine (C=N–C) groups is 1. The number of aliphatic carboxylic acids is 1. The summed E-state index contributed by atoms with van der Waals surface area (Å²) in [5.74, 6) is 2.15. The number of halogens is 1. The van der Waals surface area contributed by atoms with Crippen LogP contribution in [0.2, 0.25) is 0 Å². The van der Waals surface area contributed by atoms with Gasteiger partial charge in [-0.3, -0.25) is 14.4 Å². The van der Waals surface area contributed by atoms with E-state index in [-0.39, 0.29) is 38.8 Å². The predicted octanol–water partition coefficient (Wildman–Crippen LogP) is 10.5. The minimum atomic E-state index is -0.833. The average molecular weight is 1150 g/mol. The molecular weight excluding hydrogens is 1070 g/mol. The number of ether oxygens (including phenoxy) is 2. The van der Waals surface area contributed by atoms with Crippen molar-refractivity contribution < 1.29 is 39.2 Å². The van der Waals surface area contributed by atoms with Crippen LogP contribution in [-0.4, -0.2) is 122 Å². The number of carbonyl (C=O) groups is 3. The minimum absolute atomic E-state index is 0. The Morgan fingerprint density at radius 2 is 1.26 bits per heavy atom. The number of amidine groups is 1. The normalized spacial score (nSPS) is 11.5. The first kappa shape index (κ1) is 65.7. The number of nitrogens with zero attached hydrogens (tertiary/aromatic N) is 4. The number of thioether (sulfide) groups is 1. The molecule has 16 nitrogen and oxygen atoms in total. The second kappa shape index (κ2) is 35.0. The number of hydrogen-bond donors (Lipinski definition) is 7. The number of nitrogen functional groups attached to an aromatic ring is 1. The van der Waals surface area contributed by atoms with Gasteiger partial charge in [0, 0.05) is 41.5 Å². The number of thiocarbonyl (C=S) groups is 1. The number of nitrogens with one attached hydrogen (secondary N) is 2. The molecule has 1 unspecified atom stereocenters. The molecule has 0 aliphatic carbocycles. The number of nitrogens with two attached hydrogens (primary N) is 2. The highest BCUT2D eigenvalue weighted by atomic mass is 79.9. The Kier molecular flexibility index (Phi) is 31.5. The van der Waals surface area contributed by atoms with Gasteiger partial charge in [-0.1, -0.05) is 72.6 Å². The van der Waals surface area contributed by atoms with E-state index < -0.39 is 5.97 Å². The third-order valence-electron chi connectivity index (χ3n) is 10.2. The number of benzene rings is 4. The highest BCUT2D eigenvalue weighted by Crippen LogP contribution is 2.32. The first-order valence-corrected chi connectivity index (χ1v) is 26.5. The summed E-state index contributed by atoms with van der Waals surface area (Å²) in [7, 11) is 8.10. The van der Waals surface area contributed by atoms with Gasteiger partial charge in [0.05, 0.1) is 5.33 Å². The summed E-state index contributed by atoms with van der Waals surface area (Å²) in [6.07, 6.45) is 3.33. The van der Waals surface area contributed by atoms with Crippen LogP contribution in [0, 0.1) is 0 Å². The fraction of sp³-hybridized carbons (Fsp3) is 0.385. The third kappa shape index (κ3) is 25.0. The predicted molar refractivity (Wildman–Crippen MR) is 316 cm³/mol. The number of carbonyl (C=O) groups excluding carboxylic acids is 2. The zero-order valence-electron chi connectivity index (χ0n) is 43.5. The van der Waals surface area contributed by atoms with Crippen LogP contribution in [-0.2, 0) is 17.6 Å². The Morgan fingerprint density at radius 1 is 0.808 bits per heavy atom. The molecule has 0 fully saturated rings. The molecule has 0 bridgehead atoms. The average Bonchev–Trinajstić information content (AvgIpc) is 3.71. The Labute approximate surface area is 456 Å². The summed E-state index contributed by atoms with van der Waals surface area (Å²) in [5.41, 5.74) is 16.2. The van der Waals surface area contributed by atoms with Gasteiger partial charge in [-0.2, -0.15) is 14.9 Å². The van der Waals surface area contributed by atoms with Crippen LogP contribution < -0.4 is 31.6 Å². The van der Waals surface area contributed by atoms with Gasteiger partial charge in [-0.05, 0) is 169 Å². The smallest absolute Gasteiger partial charge is 0.300 e. The molecule has 1 heterocycles. The molecule has 21 heteroatoms. The quantitative estimate of drug-likeness (QED) is 0.00958. The molecule has 0 saturated heterocycles. The maximum atomic E-state index is 13.0. The van der Waals surface area contributed by atoms with Crippen LogP contribution in [0.1, 0.15) is 91.1 Å². The van der Waals surface area contributed by atoms with E-state index in [0.717, 1.165) is 65.9 Å². The number of aromatic nitrogens is 1. The van der Waals surface area contributed by atoms with Crippen molar-refractivity contribution in [2.24, 2.45) is 10.7 Å². The number of ketones is 2. The molecule has 9 N–H and O–H groups in total. The molecule has 400 valence electrons. The number of alkyl halides is 1. The topological polar surface area (TPSA) is 238 Å². The molecule has 5 rings (SSSR count). The van der Waals surface area contributed by atoms with Crippen molar-refractivity contribution in [1.29, 1.82) is 0 Å². The molecule has 0 amide bonds. The van der Waals surface area contributed by atoms with E-state index >= 15 is 0 Å². The molecule has 0 aliphatic rings. The largest absolute Gasteiger partial charge is 0.508 e. The molecule has 0 radical (unpaired) electrons. The van der Waals surface area contributed by atoms with Crippen LogP contribution in [0.4, 0.5) is 22.3 Å². The first-order chi connectivity index (χ1) is 34.1. The fourth-order valence-corrected chi connectivity index (χ4v) is 7.65. The molecule has 5 aromatic rings. The van der Waals surface area contributed by atoms with E-state index in [0.29, 0.717) is 68.5 Å². The van der Waals surface area contributed by atoms with Crippen molar-refractivity contribution >= 4 is 111 Å². The molecule has 0 spiro atoms. The lowest BCUT2D eigenvalue weighted by Gasteiger charge is -2.20. The standard InChI is InChI=1S/C24H30N4O3S.C15H24N4OS2.C11H13BrO2.C2H4O2.H3P/c1-5-6-16-13-17(7-12-20(16)29)21(30)22-23(25)27-24(32-22)26-18-8-10-19(11-9-18)31-14-15(2)28(3)4;1-5-22-14(16)18-15(21)17-12-6-8-13(9-7-12)20-10-11(2)19(3)4;1-2-3-8-6-9(11(14)7-12)4-5-10(8)13;1-2(3)4;/h7-13,15,29H,5-6,14,25H2,1-4H3,(H,26,27);6-9,11H,5,10H2,1-4H3,(H3,16,17,18,21);4-6,13H,2-3,7H2,1H3;1H3,(H,3,4);1H3/t15-;11-;;;/m11.../s1. The van der Waals surface area contributed by atoms with Crippen LogP contribution in [0.3, 0.4) is 0 Å². The lowest BCUT2D eigenvalue weighted by atomic mass is 10.0. The number of carboxylic acids is 1. The van der Waals surface area contributed by atoms with Crippen LogP contribution >= 0.6 is 61.1 Å². The Hall–Kier alpha value is -5.34. The number of Topliss-reactive ketones (excluding diaryl/α,β-unsaturated/α-hetero) is 1. The third-order valence-corrected chi connectivity index (χ3v) is 12.6. The van der Waals surface area contributed by atoms with Gasteiger partial charge in [0.15, 0.2) is 21.2 Å². The maximum Gasteiger partial charge on any atom is 0.300 e. The van der Waals surface area contributed by atoms with Crippen molar-refractivity contribution in [3.05, 3.63) is 112 Å². The highest BCUT2D eigenvalue weighted by molar-refractivity contribution is 9.09. The van der Waals surface area contributed by atoms with E-state index in [1.807, 2.05) is 97.5 Å². The molecule has 0 saturated carbocycles. The SMILES string of the molecule is CC(=O)O.CCCc1cc(C(=O)CBr)ccc1O.CCCc1cc(C(=O)c2sc(Nc3ccc(OC[C@@H](C)N(C)C)cc3)nc2N)ccc1O.CCSC(N)=NC(=S)Nc1ccc(OC[C@@H](C)N(C)C)cc1.P. The van der Waals surface area contributed by atoms with Crippen LogP contribution in [0.15, 0.2) is 89.9 Å². The number of aromatic hydroxyl groups is 2. The molecule has 4 aromatic carbocycles. The van der Waals surface area contributed by atoms with Crippen molar-refractivity contribution in [1.82, 2.24) is 14.8 Å². The summed E-state index contributed by atoms with van der Waals surface area (Å²) < 4.78 is 11.5. The van der Waals surface area contributed by atoms with Gasteiger partial charge in [-0.25, -0.2) is 4.98 Å². The number of hydrogen-bond acceptors (Lipinski definition) is 15. The number of likely N-dealkylation sites (N-methyl/N-ethyl adjacent to an activating group) is 2. The van der Waals surface area contributed by atoms with E-state index in [4.69, 9.17) is 43.1 Å². The van der Waals surface area contributed by atoms with Crippen LogP contribution in [0.25, 0.3) is 0 Å². The van der Waals surface area contributed by atoms with Crippen molar-refractivity contribution in [3.8, 4) is 23.0 Å². The molecule has 1 aromatic heterocycles. The molecule has 3 atom stereocenters. The molecule has 73 heavy (non-hydrogen) atoms. The van der Waals surface area contributed by atoms with Crippen LogP contribution in [0.5, 0.6) is 23.0 Å². The summed E-state index contributed by atoms with van der Waals surface area (Å²) in [4.78, 5) is 46.3. The summed E-state index contributed by atoms with van der Waals surface area (Å²) in [5, 5.41) is 34.8. The summed E-state index contributed by atoms with van der Waals surface area (Å²) >= 11 is 10.9. The summed E-state index contributed by atoms with van der Waals surface area (Å²) in [6.45, 7) is 12.6. The van der Waals surface area contributed by atoms with Crippen molar-refractivity contribution in [2.45, 2.75) is 79.3 Å². The Balaban J connectivity index is 0.000000563. The lowest BCUT2D eigenvalue weighted by Crippen LogP contribution is -2.30. The van der Waals surface area contributed by atoms with E-state index in [1.54, 1.807) is 36.4 Å². The number of thiazole rings is 1. The van der Waals surface area contributed by atoms with Gasteiger partial charge in [0.2, 0.25) is 5.78 Å². The number of phenols is 2. The highest BCUT2D eigenvalue weighted by Gasteiger charge is 2.20. The van der Waals surface area contributed by atoms with Gasteiger partial charge in [0.25, 0.3) is 5.97 Å². The Morgan fingerprint density at radius 3 is 1.70 bits per heavy atom. The van der Waals surface area contributed by atoms with Gasteiger partial charge in [-0.15, -0.1) is 0 Å². The van der Waals surface area contributed by atoms with Crippen molar-refractivity contribution in [3.63, 3.8) is 0 Å². The molecular formula is C52H74BrN8O8PS3. The summed E-state index contributed by atoms with van der Waals surface area (Å²) in [6, 6.07) is 25.7. The van der Waals surface area contributed by atoms with Crippen molar-refractivity contribution in [2.75, 3.05) is 68.9 Å². The maximum absolute atomic E-state index is 13.0. The van der Waals surface area contributed by atoms with Gasteiger partial charge >= 0.3 is 0 Å². The fourth-order valence-electron chi connectivity index (χ4n) is 5.74. The minimum Gasteiger partial charge on any atom is -0.508 e. The second-order valence-corrected chi connectivity index (χ2v) is 19.8. The Bertz CT molecular complexity index is 2510. The lowest BCUT2D eigenvalue weighted by molar-refractivity contribution is -0.134. The van der Waals surface area contributed by atoms with E-state index in [2.05, 4.69) is 60.2 Å². The number of anilines is 4. The number of aryl methyl sites for hydroxylation is 2. The van der Waals surface area contributed by atoms with Gasteiger partial charge in [0.1, 0.15) is 46.9 Å². The molecule has 0 aliphatic heterocycles.